The summed E-state index contributed by atoms with van der Waals surface area (Å²) in [7, 11) is 1.32. The predicted octanol–water partition coefficient (Wildman–Crippen LogP) is 2.39. The number of benzene rings is 2. The minimum atomic E-state index is -0.666. The maximum Gasteiger partial charge on any atom is 0.328 e. The highest BCUT2D eigenvalue weighted by atomic mass is 16.5. The first-order chi connectivity index (χ1) is 13.0. The number of esters is 1. The summed E-state index contributed by atoms with van der Waals surface area (Å²) in [6.45, 7) is 1.62. The summed E-state index contributed by atoms with van der Waals surface area (Å²) in [5.41, 5.74) is 2.63. The van der Waals surface area contributed by atoms with Crippen LogP contribution in [0.2, 0.25) is 0 Å². The molecule has 0 aromatic heterocycles. The Bertz CT molecular complexity index is 859. The van der Waals surface area contributed by atoms with E-state index in [0.717, 1.165) is 11.1 Å². The molecule has 0 saturated carbocycles. The van der Waals surface area contributed by atoms with Gasteiger partial charge in [0.1, 0.15) is 11.8 Å². The summed E-state index contributed by atoms with van der Waals surface area (Å²) in [6, 6.07) is 13.7. The number of nitrogens with zero attached hydrogens (tertiary/aromatic N) is 1. The van der Waals surface area contributed by atoms with Crippen molar-refractivity contribution < 1.29 is 23.9 Å². The molecule has 2 aromatic carbocycles. The molecule has 27 heavy (non-hydrogen) atoms. The van der Waals surface area contributed by atoms with Crippen LogP contribution in [0.15, 0.2) is 48.5 Å². The second-order valence-electron chi connectivity index (χ2n) is 6.40. The van der Waals surface area contributed by atoms with Crippen molar-refractivity contribution in [2.24, 2.45) is 0 Å². The Hall–Kier alpha value is -3.15. The molecule has 1 heterocycles. The fourth-order valence-corrected chi connectivity index (χ4v) is 3.15. The second-order valence-corrected chi connectivity index (χ2v) is 6.40. The maximum atomic E-state index is 12.7. The first-order valence-corrected chi connectivity index (χ1v) is 8.67. The van der Waals surface area contributed by atoms with Gasteiger partial charge in [-0.1, -0.05) is 24.3 Å². The van der Waals surface area contributed by atoms with Gasteiger partial charge in [-0.05, 0) is 42.3 Å². The minimum absolute atomic E-state index is 0.0365. The molecule has 2 aromatic rings. The van der Waals surface area contributed by atoms with Gasteiger partial charge in [-0.25, -0.2) is 4.79 Å². The average molecular weight is 367 g/mol. The zero-order valence-corrected chi connectivity index (χ0v) is 15.3. The van der Waals surface area contributed by atoms with Crippen LogP contribution in [0.4, 0.5) is 0 Å². The summed E-state index contributed by atoms with van der Waals surface area (Å²) in [6.07, 6.45) is 0.419. The van der Waals surface area contributed by atoms with Crippen LogP contribution < -0.4 is 4.74 Å². The van der Waals surface area contributed by atoms with Gasteiger partial charge in [-0.15, -0.1) is 0 Å². The Morgan fingerprint density at radius 2 is 1.70 bits per heavy atom. The number of hydrogen-bond donors (Lipinski definition) is 0. The van der Waals surface area contributed by atoms with Crippen LogP contribution in [0.5, 0.6) is 5.75 Å². The highest BCUT2D eigenvalue weighted by Crippen LogP contribution is 2.24. The number of methoxy groups -OCH3 is 1. The van der Waals surface area contributed by atoms with Crippen molar-refractivity contribution in [3.8, 4) is 5.75 Å². The van der Waals surface area contributed by atoms with Crippen molar-refractivity contribution in [2.45, 2.75) is 25.9 Å². The zero-order valence-electron chi connectivity index (χ0n) is 15.3. The monoisotopic (exact) mass is 367 g/mol. The molecule has 0 bridgehead atoms. The maximum absolute atomic E-state index is 12.7. The van der Waals surface area contributed by atoms with Crippen molar-refractivity contribution in [1.82, 2.24) is 4.90 Å². The lowest BCUT2D eigenvalue weighted by molar-refractivity contribution is -0.154. The van der Waals surface area contributed by atoms with Crippen LogP contribution in [-0.2, 0) is 27.3 Å². The van der Waals surface area contributed by atoms with E-state index in [1.54, 1.807) is 24.3 Å². The number of carbonyl (C=O) groups is 3. The third-order valence-electron chi connectivity index (χ3n) is 4.67. The topological polar surface area (TPSA) is 72.9 Å². The first kappa shape index (κ1) is 18.6. The molecular weight excluding hydrogens is 346 g/mol. The van der Waals surface area contributed by atoms with Crippen LogP contribution >= 0.6 is 0 Å². The van der Waals surface area contributed by atoms with Crippen LogP contribution in [0.25, 0.3) is 0 Å². The Balaban J connectivity index is 1.71. The van der Waals surface area contributed by atoms with Gasteiger partial charge in [-0.3, -0.25) is 9.59 Å². The van der Waals surface area contributed by atoms with E-state index in [0.29, 0.717) is 24.3 Å². The summed E-state index contributed by atoms with van der Waals surface area (Å²) in [5.74, 6) is -0.287. The Morgan fingerprint density at radius 1 is 1.04 bits per heavy atom. The largest absolute Gasteiger partial charge is 0.484 e. The number of carbonyl (C=O) groups excluding carboxylic acids is 3. The van der Waals surface area contributed by atoms with E-state index in [1.807, 2.05) is 24.3 Å². The van der Waals surface area contributed by atoms with E-state index < -0.39 is 12.0 Å². The molecule has 1 atom stereocenters. The Kier molecular flexibility index (Phi) is 5.54. The number of fused-ring (bicyclic) bond motifs is 1. The van der Waals surface area contributed by atoms with Crippen LogP contribution in [0.1, 0.15) is 28.4 Å². The molecule has 3 rings (SSSR count). The Morgan fingerprint density at radius 3 is 2.33 bits per heavy atom. The molecule has 0 aliphatic carbocycles. The van der Waals surface area contributed by atoms with Gasteiger partial charge in [0, 0.05) is 18.5 Å². The standard InChI is InChI=1S/C21H21NO5/c1-14(23)15-7-9-18(10-8-15)27-13-20(24)22-12-17-6-4-3-5-16(17)11-19(22)21(25)26-2/h3-10,19H,11-13H2,1-2H3/t19-/m1/s1. The number of rotatable bonds is 5. The lowest BCUT2D eigenvalue weighted by atomic mass is 9.94. The number of hydrogen-bond acceptors (Lipinski definition) is 5. The van der Waals surface area contributed by atoms with Crippen molar-refractivity contribution in [3.05, 3.63) is 65.2 Å². The van der Waals surface area contributed by atoms with Gasteiger partial charge >= 0.3 is 5.97 Å². The molecule has 140 valence electrons. The van der Waals surface area contributed by atoms with Crippen LogP contribution in [0, 0.1) is 0 Å². The SMILES string of the molecule is COC(=O)[C@H]1Cc2ccccc2CN1C(=O)COc1ccc(C(C)=O)cc1. The van der Waals surface area contributed by atoms with Gasteiger partial charge in [0.25, 0.3) is 5.91 Å². The van der Waals surface area contributed by atoms with Gasteiger partial charge < -0.3 is 14.4 Å². The first-order valence-electron chi connectivity index (χ1n) is 8.67. The quantitative estimate of drug-likeness (QED) is 0.599. The molecule has 6 heteroatoms. The molecule has 0 N–H and O–H groups in total. The molecule has 6 nitrogen and oxygen atoms in total. The lowest BCUT2D eigenvalue weighted by Gasteiger charge is -2.35. The summed E-state index contributed by atoms with van der Waals surface area (Å²) < 4.78 is 10.4. The minimum Gasteiger partial charge on any atom is -0.484 e. The average Bonchev–Trinajstić information content (AvgIpc) is 2.70. The third-order valence-corrected chi connectivity index (χ3v) is 4.67. The normalized spacial score (nSPS) is 15.6. The number of ketones is 1. The van der Waals surface area contributed by atoms with E-state index in [1.165, 1.54) is 18.9 Å². The van der Waals surface area contributed by atoms with Crippen molar-refractivity contribution in [2.75, 3.05) is 13.7 Å². The molecular formula is C21H21NO5. The van der Waals surface area contributed by atoms with Crippen molar-refractivity contribution in [3.63, 3.8) is 0 Å². The van der Waals surface area contributed by atoms with E-state index in [2.05, 4.69) is 0 Å². The zero-order chi connectivity index (χ0) is 19.4. The fourth-order valence-electron chi connectivity index (χ4n) is 3.15. The summed E-state index contributed by atoms with van der Waals surface area (Å²) >= 11 is 0. The Labute approximate surface area is 157 Å². The fraction of sp³-hybridized carbons (Fsp3) is 0.286. The predicted molar refractivity (Wildman–Crippen MR) is 98.4 cm³/mol. The molecule has 1 aliphatic rings. The highest BCUT2D eigenvalue weighted by Gasteiger charge is 2.35. The summed E-state index contributed by atoms with van der Waals surface area (Å²) in [5, 5.41) is 0. The van der Waals surface area contributed by atoms with Crippen molar-refractivity contribution in [1.29, 1.82) is 0 Å². The van der Waals surface area contributed by atoms with Crippen LogP contribution in [0.3, 0.4) is 0 Å². The molecule has 0 spiro atoms. The van der Waals surface area contributed by atoms with Crippen molar-refractivity contribution >= 4 is 17.7 Å². The van der Waals surface area contributed by atoms with Crippen LogP contribution in [-0.4, -0.2) is 42.3 Å². The van der Waals surface area contributed by atoms with E-state index in [4.69, 9.17) is 9.47 Å². The van der Waals surface area contributed by atoms with E-state index >= 15 is 0 Å². The number of ether oxygens (including phenoxy) is 2. The smallest absolute Gasteiger partial charge is 0.328 e. The highest BCUT2D eigenvalue weighted by molar-refractivity contribution is 5.94. The second kappa shape index (κ2) is 8.03. The van der Waals surface area contributed by atoms with Gasteiger partial charge in [0.15, 0.2) is 12.4 Å². The van der Waals surface area contributed by atoms with Gasteiger partial charge in [-0.2, -0.15) is 0 Å². The van der Waals surface area contributed by atoms with E-state index in [9.17, 15) is 14.4 Å². The molecule has 0 saturated heterocycles. The van der Waals surface area contributed by atoms with E-state index in [-0.39, 0.29) is 18.3 Å². The summed E-state index contributed by atoms with van der Waals surface area (Å²) in [4.78, 5) is 37.7. The molecule has 0 fully saturated rings. The molecule has 1 amide bonds. The number of amides is 1. The lowest BCUT2D eigenvalue weighted by Crippen LogP contribution is -2.50. The molecule has 1 aliphatic heterocycles. The third kappa shape index (κ3) is 4.16. The van der Waals surface area contributed by atoms with Gasteiger partial charge in [0.2, 0.25) is 0 Å². The molecule has 0 radical (unpaired) electrons. The number of Topliss-reactive ketones (excluding diaryl/α,β-unsaturated/α-hetero) is 1. The molecule has 0 unspecified atom stereocenters. The van der Waals surface area contributed by atoms with Gasteiger partial charge in [0.05, 0.1) is 7.11 Å².